The monoisotopic (exact) mass is 241 g/mol. The number of thiophene rings is 1. The Balaban J connectivity index is 2.24. The fourth-order valence-corrected chi connectivity index (χ4v) is 2.94. The Hall–Kier alpha value is -1.07. The van der Waals surface area contributed by atoms with Gasteiger partial charge in [-0.3, -0.25) is 0 Å². The van der Waals surface area contributed by atoms with E-state index in [0.29, 0.717) is 4.88 Å². The van der Waals surface area contributed by atoms with Crippen molar-refractivity contribution in [3.8, 4) is 0 Å². The van der Waals surface area contributed by atoms with Crippen LogP contribution in [-0.4, -0.2) is 37.4 Å². The Bertz CT molecular complexity index is 383. The smallest absolute Gasteiger partial charge is 0.346 e. The molecule has 1 N–H and O–H groups in total. The van der Waals surface area contributed by atoms with Crippen molar-refractivity contribution in [3.63, 3.8) is 0 Å². The van der Waals surface area contributed by atoms with Gasteiger partial charge in [-0.05, 0) is 18.1 Å². The van der Waals surface area contributed by atoms with Crippen molar-refractivity contribution in [2.24, 2.45) is 0 Å². The van der Waals surface area contributed by atoms with Crippen LogP contribution in [0.15, 0.2) is 6.07 Å². The van der Waals surface area contributed by atoms with Gasteiger partial charge in [-0.15, -0.1) is 11.3 Å². The highest BCUT2D eigenvalue weighted by Crippen LogP contribution is 2.31. The first-order valence-corrected chi connectivity index (χ1v) is 6.22. The largest absolute Gasteiger partial charge is 0.477 e. The maximum Gasteiger partial charge on any atom is 0.346 e. The van der Waals surface area contributed by atoms with Gasteiger partial charge in [0.15, 0.2) is 0 Å². The molecule has 1 aliphatic rings. The predicted octanol–water partition coefficient (Wildman–Crippen LogP) is 1.85. The third-order valence-corrected chi connectivity index (χ3v) is 3.92. The fourth-order valence-electron chi connectivity index (χ4n) is 1.80. The molecule has 0 spiro atoms. The highest BCUT2D eigenvalue weighted by molar-refractivity contribution is 7.18. The van der Waals surface area contributed by atoms with Gasteiger partial charge in [-0.2, -0.15) is 0 Å². The predicted molar refractivity (Wildman–Crippen MR) is 63.7 cm³/mol. The molecule has 88 valence electrons. The highest BCUT2D eigenvalue weighted by Gasteiger charge is 2.19. The summed E-state index contributed by atoms with van der Waals surface area (Å²) in [5.41, 5.74) is 0.930. The van der Waals surface area contributed by atoms with E-state index in [9.17, 15) is 4.79 Å². The molecule has 0 radical (unpaired) electrons. The van der Waals surface area contributed by atoms with E-state index in [2.05, 4.69) is 4.90 Å². The second-order valence-corrected chi connectivity index (χ2v) is 4.73. The number of carboxylic acid groups (broad SMARTS) is 1. The summed E-state index contributed by atoms with van der Waals surface area (Å²) in [5, 5.41) is 10.1. The summed E-state index contributed by atoms with van der Waals surface area (Å²) < 4.78 is 5.28. The molecular weight excluding hydrogens is 226 g/mol. The third kappa shape index (κ3) is 2.20. The van der Waals surface area contributed by atoms with E-state index < -0.39 is 5.97 Å². The number of carbonyl (C=O) groups is 1. The van der Waals surface area contributed by atoms with Crippen molar-refractivity contribution in [1.29, 1.82) is 0 Å². The van der Waals surface area contributed by atoms with Crippen molar-refractivity contribution < 1.29 is 14.6 Å². The van der Waals surface area contributed by atoms with E-state index in [4.69, 9.17) is 9.84 Å². The zero-order valence-corrected chi connectivity index (χ0v) is 10.0. The molecule has 0 bridgehead atoms. The molecule has 0 amide bonds. The van der Waals surface area contributed by atoms with E-state index in [1.807, 2.05) is 13.0 Å². The number of rotatable bonds is 3. The van der Waals surface area contributed by atoms with E-state index in [-0.39, 0.29) is 0 Å². The van der Waals surface area contributed by atoms with E-state index in [1.54, 1.807) is 0 Å². The lowest BCUT2D eigenvalue weighted by atomic mass is 10.2. The minimum absolute atomic E-state index is 0.476. The average molecular weight is 241 g/mol. The summed E-state index contributed by atoms with van der Waals surface area (Å²) in [6, 6.07) is 2.00. The van der Waals surface area contributed by atoms with Gasteiger partial charge in [-0.1, -0.05) is 6.92 Å². The molecule has 1 fully saturated rings. The van der Waals surface area contributed by atoms with Crippen LogP contribution >= 0.6 is 11.3 Å². The zero-order chi connectivity index (χ0) is 11.5. The Morgan fingerprint density at radius 3 is 2.75 bits per heavy atom. The summed E-state index contributed by atoms with van der Waals surface area (Å²) in [5.74, 6) is -0.818. The Morgan fingerprint density at radius 1 is 1.56 bits per heavy atom. The lowest BCUT2D eigenvalue weighted by molar-refractivity contribution is 0.0701. The van der Waals surface area contributed by atoms with E-state index in [0.717, 1.165) is 43.3 Å². The van der Waals surface area contributed by atoms with Gasteiger partial charge in [0.1, 0.15) is 4.88 Å². The van der Waals surface area contributed by atoms with Crippen molar-refractivity contribution in [3.05, 3.63) is 16.5 Å². The van der Waals surface area contributed by atoms with Gasteiger partial charge in [-0.25, -0.2) is 4.79 Å². The second-order valence-electron chi connectivity index (χ2n) is 3.70. The maximum atomic E-state index is 11.0. The van der Waals surface area contributed by atoms with Gasteiger partial charge in [0, 0.05) is 13.1 Å². The summed E-state index contributed by atoms with van der Waals surface area (Å²) >= 11 is 1.37. The molecule has 2 heterocycles. The molecule has 0 aromatic carbocycles. The molecule has 1 saturated heterocycles. The SMILES string of the molecule is CCc1cc(N2CCOCC2)sc1C(=O)O. The van der Waals surface area contributed by atoms with Gasteiger partial charge in [0.2, 0.25) is 0 Å². The number of carboxylic acids is 1. The molecular formula is C11H15NO3S. The first kappa shape index (κ1) is 11.4. The van der Waals surface area contributed by atoms with E-state index in [1.165, 1.54) is 11.3 Å². The number of ether oxygens (including phenoxy) is 1. The Morgan fingerprint density at radius 2 is 2.25 bits per heavy atom. The lowest BCUT2D eigenvalue weighted by Gasteiger charge is -2.27. The lowest BCUT2D eigenvalue weighted by Crippen LogP contribution is -2.35. The molecule has 4 nitrogen and oxygen atoms in total. The average Bonchev–Trinajstić information content (AvgIpc) is 2.74. The van der Waals surface area contributed by atoms with Gasteiger partial charge >= 0.3 is 5.97 Å². The molecule has 0 atom stereocenters. The minimum Gasteiger partial charge on any atom is -0.477 e. The number of aromatic carboxylic acids is 1. The minimum atomic E-state index is -0.818. The zero-order valence-electron chi connectivity index (χ0n) is 9.23. The van der Waals surface area contributed by atoms with Gasteiger partial charge < -0.3 is 14.7 Å². The molecule has 1 aromatic heterocycles. The molecule has 1 aliphatic heterocycles. The fraction of sp³-hybridized carbons (Fsp3) is 0.545. The molecule has 0 aliphatic carbocycles. The molecule has 0 unspecified atom stereocenters. The number of hydrogen-bond acceptors (Lipinski definition) is 4. The summed E-state index contributed by atoms with van der Waals surface area (Å²) in [7, 11) is 0. The van der Waals surface area contributed by atoms with Crippen LogP contribution in [0.5, 0.6) is 0 Å². The summed E-state index contributed by atoms with van der Waals surface area (Å²) in [6.07, 6.45) is 0.766. The Labute approximate surface area is 98.4 Å². The maximum absolute atomic E-state index is 11.0. The van der Waals surface area contributed by atoms with Crippen LogP contribution in [0.1, 0.15) is 22.2 Å². The summed E-state index contributed by atoms with van der Waals surface area (Å²) in [4.78, 5) is 13.7. The first-order chi connectivity index (χ1) is 7.72. The van der Waals surface area contributed by atoms with Gasteiger partial charge in [0.05, 0.1) is 18.2 Å². The van der Waals surface area contributed by atoms with Crippen LogP contribution in [0.2, 0.25) is 0 Å². The quantitative estimate of drug-likeness (QED) is 0.877. The highest BCUT2D eigenvalue weighted by atomic mass is 32.1. The molecule has 16 heavy (non-hydrogen) atoms. The normalized spacial score (nSPS) is 16.4. The summed E-state index contributed by atoms with van der Waals surface area (Å²) in [6.45, 7) is 5.13. The number of aryl methyl sites for hydroxylation is 1. The second kappa shape index (κ2) is 4.84. The first-order valence-electron chi connectivity index (χ1n) is 5.41. The topological polar surface area (TPSA) is 49.8 Å². The number of nitrogens with zero attached hydrogens (tertiary/aromatic N) is 1. The van der Waals surface area contributed by atoms with Crippen molar-refractivity contribution in [2.75, 3.05) is 31.2 Å². The van der Waals surface area contributed by atoms with Crippen LogP contribution in [0.3, 0.4) is 0 Å². The molecule has 1 aromatic rings. The molecule has 2 rings (SSSR count). The van der Waals surface area contributed by atoms with Crippen molar-refractivity contribution in [2.45, 2.75) is 13.3 Å². The van der Waals surface area contributed by atoms with Crippen LogP contribution < -0.4 is 4.90 Å². The number of anilines is 1. The van der Waals surface area contributed by atoms with Crippen LogP contribution in [0, 0.1) is 0 Å². The third-order valence-electron chi connectivity index (χ3n) is 2.69. The van der Waals surface area contributed by atoms with Crippen molar-refractivity contribution >= 4 is 22.3 Å². The van der Waals surface area contributed by atoms with Crippen LogP contribution in [-0.2, 0) is 11.2 Å². The standard InChI is InChI=1S/C11H15NO3S/c1-2-8-7-9(16-10(8)11(13)14)12-3-5-15-6-4-12/h7H,2-6H2,1H3,(H,13,14). The van der Waals surface area contributed by atoms with Crippen molar-refractivity contribution in [1.82, 2.24) is 0 Å². The number of morpholine rings is 1. The number of hydrogen-bond donors (Lipinski definition) is 1. The van der Waals surface area contributed by atoms with Crippen LogP contribution in [0.25, 0.3) is 0 Å². The van der Waals surface area contributed by atoms with Gasteiger partial charge in [0.25, 0.3) is 0 Å². The van der Waals surface area contributed by atoms with E-state index >= 15 is 0 Å². The molecule has 5 heteroatoms. The van der Waals surface area contributed by atoms with Crippen LogP contribution in [0.4, 0.5) is 5.00 Å². The Kier molecular flexibility index (Phi) is 3.46. The molecule has 0 saturated carbocycles.